The van der Waals surface area contributed by atoms with Crippen LogP contribution in [0.1, 0.15) is 25.0 Å². The minimum absolute atomic E-state index is 0.00948. The average Bonchev–Trinajstić information content (AvgIpc) is 2.30. The van der Waals surface area contributed by atoms with E-state index in [2.05, 4.69) is 56.1 Å². The first-order chi connectivity index (χ1) is 8.11. The molecule has 0 aromatic heterocycles. The second-order valence-electron chi connectivity index (χ2n) is 4.67. The molecule has 1 rings (SSSR count). The molecule has 17 heavy (non-hydrogen) atoms. The largest absolute Gasteiger partial charge is 0.355 e. The van der Waals surface area contributed by atoms with Gasteiger partial charge in [-0.25, -0.2) is 0 Å². The van der Waals surface area contributed by atoms with Crippen LogP contribution in [0.15, 0.2) is 24.3 Å². The van der Waals surface area contributed by atoms with Crippen molar-refractivity contribution >= 4 is 18.5 Å². The third-order valence-electron chi connectivity index (χ3n) is 2.55. The van der Waals surface area contributed by atoms with Gasteiger partial charge in [-0.05, 0) is 29.9 Å². The van der Waals surface area contributed by atoms with Crippen LogP contribution in [0.5, 0.6) is 0 Å². The standard InChI is InChI=1S/C14H21NOS/c1-11(2)9-13-5-3-12(4-6-13)7-8-15-14(16)10-17/h3-6,11,17H,7-10H2,1-2H3,(H,15,16). The van der Waals surface area contributed by atoms with Gasteiger partial charge in [0.25, 0.3) is 0 Å². The molecule has 0 unspecified atom stereocenters. The third-order valence-corrected chi connectivity index (χ3v) is 2.83. The second-order valence-corrected chi connectivity index (χ2v) is 4.99. The number of hydrogen-bond donors (Lipinski definition) is 2. The van der Waals surface area contributed by atoms with Crippen LogP contribution in [-0.4, -0.2) is 18.2 Å². The van der Waals surface area contributed by atoms with Gasteiger partial charge >= 0.3 is 0 Å². The number of carbonyl (C=O) groups excluding carboxylic acids is 1. The predicted octanol–water partition coefficient (Wildman–Crippen LogP) is 2.47. The van der Waals surface area contributed by atoms with Crippen molar-refractivity contribution in [3.05, 3.63) is 35.4 Å². The summed E-state index contributed by atoms with van der Waals surface area (Å²) in [6, 6.07) is 8.64. The first-order valence-electron chi connectivity index (χ1n) is 6.07. The first kappa shape index (κ1) is 14.1. The summed E-state index contributed by atoms with van der Waals surface area (Å²) in [4.78, 5) is 11.0. The lowest BCUT2D eigenvalue weighted by Gasteiger charge is -2.07. The Morgan fingerprint density at radius 1 is 1.24 bits per heavy atom. The quantitative estimate of drug-likeness (QED) is 0.747. The number of thiol groups is 1. The first-order valence-corrected chi connectivity index (χ1v) is 6.70. The van der Waals surface area contributed by atoms with Crippen molar-refractivity contribution in [2.24, 2.45) is 5.92 Å². The molecule has 0 radical (unpaired) electrons. The average molecular weight is 251 g/mol. The molecule has 0 spiro atoms. The van der Waals surface area contributed by atoms with E-state index < -0.39 is 0 Å². The van der Waals surface area contributed by atoms with Crippen molar-refractivity contribution in [1.29, 1.82) is 0 Å². The number of carbonyl (C=O) groups is 1. The van der Waals surface area contributed by atoms with Crippen molar-refractivity contribution in [3.8, 4) is 0 Å². The molecule has 0 aliphatic rings. The van der Waals surface area contributed by atoms with E-state index in [1.54, 1.807) is 0 Å². The normalized spacial score (nSPS) is 10.6. The van der Waals surface area contributed by atoms with Crippen LogP contribution >= 0.6 is 12.6 Å². The van der Waals surface area contributed by atoms with Gasteiger partial charge in [0.15, 0.2) is 0 Å². The highest BCUT2D eigenvalue weighted by molar-refractivity contribution is 7.81. The van der Waals surface area contributed by atoms with E-state index >= 15 is 0 Å². The molecule has 94 valence electrons. The van der Waals surface area contributed by atoms with Crippen LogP contribution in [0.2, 0.25) is 0 Å². The third kappa shape index (κ3) is 5.78. The summed E-state index contributed by atoms with van der Waals surface area (Å²) in [5.41, 5.74) is 2.64. The smallest absolute Gasteiger partial charge is 0.229 e. The highest BCUT2D eigenvalue weighted by Gasteiger charge is 1.99. The molecule has 1 amide bonds. The van der Waals surface area contributed by atoms with E-state index in [1.165, 1.54) is 11.1 Å². The summed E-state index contributed by atoms with van der Waals surface area (Å²) in [5, 5.41) is 2.81. The summed E-state index contributed by atoms with van der Waals surface area (Å²) in [6.45, 7) is 5.13. The summed E-state index contributed by atoms with van der Waals surface area (Å²) in [6.07, 6.45) is 2.00. The van der Waals surface area contributed by atoms with Gasteiger partial charge in [0, 0.05) is 6.54 Å². The summed E-state index contributed by atoms with van der Waals surface area (Å²) >= 11 is 3.91. The van der Waals surface area contributed by atoms with E-state index in [0.717, 1.165) is 12.8 Å². The zero-order valence-corrected chi connectivity index (χ0v) is 11.5. The fourth-order valence-corrected chi connectivity index (χ4v) is 1.83. The minimum Gasteiger partial charge on any atom is -0.355 e. The number of hydrogen-bond acceptors (Lipinski definition) is 2. The lowest BCUT2D eigenvalue weighted by Crippen LogP contribution is -2.26. The van der Waals surface area contributed by atoms with Crippen molar-refractivity contribution < 1.29 is 4.79 Å². The molecule has 0 heterocycles. The lowest BCUT2D eigenvalue weighted by atomic mass is 10.0. The molecule has 0 atom stereocenters. The van der Waals surface area contributed by atoms with Crippen molar-refractivity contribution in [1.82, 2.24) is 5.32 Å². The topological polar surface area (TPSA) is 29.1 Å². The maximum absolute atomic E-state index is 11.0. The molecule has 0 bridgehead atoms. The lowest BCUT2D eigenvalue weighted by molar-refractivity contribution is -0.118. The van der Waals surface area contributed by atoms with Gasteiger partial charge in [-0.15, -0.1) is 0 Å². The molecule has 1 N–H and O–H groups in total. The Morgan fingerprint density at radius 3 is 2.35 bits per heavy atom. The zero-order chi connectivity index (χ0) is 12.7. The summed E-state index contributed by atoms with van der Waals surface area (Å²) < 4.78 is 0. The fraction of sp³-hybridized carbons (Fsp3) is 0.500. The monoisotopic (exact) mass is 251 g/mol. The minimum atomic E-state index is -0.00948. The maximum atomic E-state index is 11.0. The summed E-state index contributed by atoms with van der Waals surface area (Å²) in [5.74, 6) is 0.938. The van der Waals surface area contributed by atoms with Crippen LogP contribution < -0.4 is 5.32 Å². The Bertz CT molecular complexity index is 346. The molecule has 0 fully saturated rings. The van der Waals surface area contributed by atoms with E-state index in [9.17, 15) is 4.79 Å². The summed E-state index contributed by atoms with van der Waals surface area (Å²) in [7, 11) is 0. The van der Waals surface area contributed by atoms with E-state index in [-0.39, 0.29) is 11.7 Å². The van der Waals surface area contributed by atoms with Crippen molar-refractivity contribution in [3.63, 3.8) is 0 Å². The zero-order valence-electron chi connectivity index (χ0n) is 10.6. The number of amides is 1. The number of rotatable bonds is 6. The van der Waals surface area contributed by atoms with Gasteiger partial charge in [-0.2, -0.15) is 12.6 Å². The van der Waals surface area contributed by atoms with Gasteiger partial charge in [-0.3, -0.25) is 4.79 Å². The molecule has 0 saturated heterocycles. The Balaban J connectivity index is 2.37. The predicted molar refractivity (Wildman–Crippen MR) is 75.6 cm³/mol. The second kappa shape index (κ2) is 7.38. The maximum Gasteiger partial charge on any atom is 0.229 e. The Kier molecular flexibility index (Phi) is 6.12. The van der Waals surface area contributed by atoms with Gasteiger partial charge in [0.05, 0.1) is 5.75 Å². The van der Waals surface area contributed by atoms with E-state index in [4.69, 9.17) is 0 Å². The Hall–Kier alpha value is -0.960. The number of nitrogens with one attached hydrogen (secondary N) is 1. The molecular formula is C14H21NOS. The van der Waals surface area contributed by atoms with Crippen molar-refractivity contribution in [2.75, 3.05) is 12.3 Å². The van der Waals surface area contributed by atoms with Crippen LogP contribution in [0.3, 0.4) is 0 Å². The van der Waals surface area contributed by atoms with Gasteiger partial charge in [-0.1, -0.05) is 38.1 Å². The highest BCUT2D eigenvalue weighted by Crippen LogP contribution is 2.09. The fourth-order valence-electron chi connectivity index (χ4n) is 1.72. The molecule has 0 aliphatic carbocycles. The molecular weight excluding hydrogens is 230 g/mol. The van der Waals surface area contributed by atoms with E-state index in [1.807, 2.05) is 0 Å². The van der Waals surface area contributed by atoms with E-state index in [0.29, 0.717) is 12.5 Å². The molecule has 1 aromatic carbocycles. The SMILES string of the molecule is CC(C)Cc1ccc(CCNC(=O)CS)cc1. The number of benzene rings is 1. The van der Waals surface area contributed by atoms with Crippen molar-refractivity contribution in [2.45, 2.75) is 26.7 Å². The molecule has 2 nitrogen and oxygen atoms in total. The van der Waals surface area contributed by atoms with Crippen LogP contribution in [0, 0.1) is 5.92 Å². The molecule has 3 heteroatoms. The van der Waals surface area contributed by atoms with Gasteiger partial charge in [0.1, 0.15) is 0 Å². The highest BCUT2D eigenvalue weighted by atomic mass is 32.1. The molecule has 0 aliphatic heterocycles. The van der Waals surface area contributed by atoms with Gasteiger partial charge < -0.3 is 5.32 Å². The van der Waals surface area contributed by atoms with Crippen LogP contribution in [0.25, 0.3) is 0 Å². The Labute approximate surface area is 109 Å². The van der Waals surface area contributed by atoms with Gasteiger partial charge in [0.2, 0.25) is 5.91 Å². The Morgan fingerprint density at radius 2 is 1.82 bits per heavy atom. The molecule has 1 aromatic rings. The van der Waals surface area contributed by atoms with Crippen LogP contribution in [0.4, 0.5) is 0 Å². The van der Waals surface area contributed by atoms with Crippen LogP contribution in [-0.2, 0) is 17.6 Å². The molecule has 0 saturated carbocycles.